The van der Waals surface area contributed by atoms with E-state index in [0.717, 1.165) is 50.5 Å². The number of rotatable bonds is 2. The van der Waals surface area contributed by atoms with E-state index in [1.54, 1.807) is 0 Å². The van der Waals surface area contributed by atoms with Crippen LogP contribution in [0.4, 0.5) is 0 Å². The fraction of sp³-hybridized carbons (Fsp3) is 0. The van der Waals surface area contributed by atoms with Crippen LogP contribution in [0.1, 0.15) is 0 Å². The third kappa shape index (κ3) is 2.20. The summed E-state index contributed by atoms with van der Waals surface area (Å²) in [5.74, 6) is 1.68. The molecule has 0 spiro atoms. The van der Waals surface area contributed by atoms with Gasteiger partial charge in [0.25, 0.3) is 0 Å². The summed E-state index contributed by atoms with van der Waals surface area (Å²) in [5, 5.41) is 0. The Labute approximate surface area is 177 Å². The van der Waals surface area contributed by atoms with Crippen LogP contribution in [0, 0.1) is 0 Å². The van der Waals surface area contributed by atoms with Gasteiger partial charge in [0.15, 0.2) is 0 Å². The SMILES string of the molecule is c1ccc(-n2c(-n3c4ccccc4n4c5ccccc5nc34)nc3ccccc32)cc1. The van der Waals surface area contributed by atoms with Gasteiger partial charge in [0.2, 0.25) is 11.7 Å². The van der Waals surface area contributed by atoms with Gasteiger partial charge in [-0.2, -0.15) is 0 Å². The van der Waals surface area contributed by atoms with Crippen molar-refractivity contribution < 1.29 is 0 Å². The molecule has 0 unspecified atom stereocenters. The first kappa shape index (κ1) is 16.4. The van der Waals surface area contributed by atoms with Gasteiger partial charge in [-0.25, -0.2) is 14.5 Å². The first-order valence-corrected chi connectivity index (χ1v) is 10.3. The van der Waals surface area contributed by atoms with Gasteiger partial charge in [-0.3, -0.25) is 8.97 Å². The zero-order chi connectivity index (χ0) is 20.4. The van der Waals surface area contributed by atoms with Crippen molar-refractivity contribution >= 4 is 38.9 Å². The third-order valence-corrected chi connectivity index (χ3v) is 5.86. The van der Waals surface area contributed by atoms with Crippen LogP contribution in [0.3, 0.4) is 0 Å². The average Bonchev–Trinajstić information content (AvgIpc) is 3.48. The van der Waals surface area contributed by atoms with E-state index in [-0.39, 0.29) is 0 Å². The summed E-state index contributed by atoms with van der Waals surface area (Å²) in [6.07, 6.45) is 0. The van der Waals surface area contributed by atoms with Crippen molar-refractivity contribution in [3.8, 4) is 11.6 Å². The minimum absolute atomic E-state index is 0.828. The van der Waals surface area contributed by atoms with E-state index in [2.05, 4.69) is 98.5 Å². The van der Waals surface area contributed by atoms with E-state index in [1.807, 2.05) is 18.2 Å². The van der Waals surface area contributed by atoms with Gasteiger partial charge in [-0.1, -0.05) is 54.6 Å². The van der Waals surface area contributed by atoms with Crippen LogP contribution in [0.15, 0.2) is 103 Å². The summed E-state index contributed by atoms with van der Waals surface area (Å²) in [6, 6.07) is 35.3. The standard InChI is InChI=1S/C26H17N5/c1-2-10-18(11-3-1)29-21-14-6-4-12-19(21)27-25(29)31-24-17-9-8-16-23(24)30-22-15-7-5-13-20(22)28-26(30)31/h1-17H. The van der Waals surface area contributed by atoms with Crippen molar-refractivity contribution in [3.63, 3.8) is 0 Å². The van der Waals surface area contributed by atoms with E-state index in [1.165, 1.54) is 0 Å². The van der Waals surface area contributed by atoms with Gasteiger partial charge in [0.05, 0.1) is 33.1 Å². The number of hydrogen-bond donors (Lipinski definition) is 0. The highest BCUT2D eigenvalue weighted by Gasteiger charge is 2.22. The van der Waals surface area contributed by atoms with Gasteiger partial charge < -0.3 is 0 Å². The zero-order valence-electron chi connectivity index (χ0n) is 16.6. The lowest BCUT2D eigenvalue weighted by atomic mass is 10.3. The number of benzene rings is 4. The summed E-state index contributed by atoms with van der Waals surface area (Å²) >= 11 is 0. The lowest BCUT2D eigenvalue weighted by Crippen LogP contribution is -2.05. The smallest absolute Gasteiger partial charge is 0.223 e. The highest BCUT2D eigenvalue weighted by Crippen LogP contribution is 2.31. The molecule has 0 saturated carbocycles. The Hall–Kier alpha value is -4.38. The van der Waals surface area contributed by atoms with Crippen molar-refractivity contribution in [2.75, 3.05) is 0 Å². The van der Waals surface area contributed by atoms with Crippen molar-refractivity contribution in [2.45, 2.75) is 0 Å². The molecule has 0 N–H and O–H groups in total. The molecule has 5 heteroatoms. The average molecular weight is 399 g/mol. The maximum Gasteiger partial charge on any atom is 0.223 e. The molecule has 3 aromatic heterocycles. The largest absolute Gasteiger partial charge is 0.278 e. The summed E-state index contributed by atoms with van der Waals surface area (Å²) < 4.78 is 6.60. The first-order chi connectivity index (χ1) is 15.4. The van der Waals surface area contributed by atoms with E-state index >= 15 is 0 Å². The van der Waals surface area contributed by atoms with Crippen molar-refractivity contribution in [1.29, 1.82) is 0 Å². The molecule has 0 fully saturated rings. The number of aromatic nitrogens is 5. The fourth-order valence-corrected chi connectivity index (χ4v) is 4.54. The predicted molar refractivity (Wildman–Crippen MR) is 124 cm³/mol. The predicted octanol–water partition coefficient (Wildman–Crippen LogP) is 5.77. The second kappa shape index (κ2) is 6.06. The van der Waals surface area contributed by atoms with E-state index in [4.69, 9.17) is 9.97 Å². The van der Waals surface area contributed by atoms with E-state index in [0.29, 0.717) is 0 Å². The summed E-state index contributed by atoms with van der Waals surface area (Å²) in [5.41, 5.74) is 7.33. The summed E-state index contributed by atoms with van der Waals surface area (Å²) in [6.45, 7) is 0. The highest BCUT2D eigenvalue weighted by atomic mass is 15.3. The fourth-order valence-electron chi connectivity index (χ4n) is 4.54. The molecule has 0 atom stereocenters. The minimum Gasteiger partial charge on any atom is -0.278 e. The number of imidazole rings is 3. The monoisotopic (exact) mass is 399 g/mol. The molecule has 0 radical (unpaired) electrons. The molecule has 146 valence electrons. The van der Waals surface area contributed by atoms with Crippen molar-refractivity contribution in [1.82, 2.24) is 23.5 Å². The summed E-state index contributed by atoms with van der Waals surface area (Å²) in [4.78, 5) is 10.1. The van der Waals surface area contributed by atoms with Gasteiger partial charge in [-0.05, 0) is 48.5 Å². The lowest BCUT2D eigenvalue weighted by Gasteiger charge is -2.10. The first-order valence-electron chi connectivity index (χ1n) is 10.3. The lowest BCUT2D eigenvalue weighted by molar-refractivity contribution is 0.938. The van der Waals surface area contributed by atoms with E-state index in [9.17, 15) is 0 Å². The summed E-state index contributed by atoms with van der Waals surface area (Å²) in [7, 11) is 0. The molecule has 5 nitrogen and oxygen atoms in total. The topological polar surface area (TPSA) is 40.0 Å². The quantitative estimate of drug-likeness (QED) is 0.370. The Morgan fingerprint density at radius 1 is 0.452 bits per heavy atom. The van der Waals surface area contributed by atoms with Gasteiger partial charge in [-0.15, -0.1) is 0 Å². The van der Waals surface area contributed by atoms with Gasteiger partial charge in [0, 0.05) is 5.69 Å². The molecule has 4 aromatic carbocycles. The molecule has 0 aliphatic carbocycles. The molecular weight excluding hydrogens is 382 g/mol. The normalized spacial score (nSPS) is 11.9. The van der Waals surface area contributed by atoms with Crippen LogP contribution in [0.5, 0.6) is 0 Å². The molecule has 7 rings (SSSR count). The molecular formula is C26H17N5. The number of para-hydroxylation sites is 7. The second-order valence-electron chi connectivity index (χ2n) is 7.63. The van der Waals surface area contributed by atoms with Crippen LogP contribution in [-0.2, 0) is 0 Å². The van der Waals surface area contributed by atoms with Gasteiger partial charge in [0.1, 0.15) is 0 Å². The molecule has 3 heterocycles. The van der Waals surface area contributed by atoms with Crippen molar-refractivity contribution in [3.05, 3.63) is 103 Å². The number of fused-ring (bicyclic) bond motifs is 6. The van der Waals surface area contributed by atoms with Gasteiger partial charge >= 0.3 is 0 Å². The zero-order valence-corrected chi connectivity index (χ0v) is 16.6. The van der Waals surface area contributed by atoms with Crippen LogP contribution in [-0.4, -0.2) is 23.5 Å². The van der Waals surface area contributed by atoms with Crippen LogP contribution >= 0.6 is 0 Å². The molecule has 0 bridgehead atoms. The second-order valence-corrected chi connectivity index (χ2v) is 7.63. The Kier molecular flexibility index (Phi) is 3.21. The molecule has 0 aliphatic heterocycles. The molecule has 7 aromatic rings. The van der Waals surface area contributed by atoms with Crippen LogP contribution in [0.2, 0.25) is 0 Å². The Bertz CT molecular complexity index is 1730. The molecule has 0 amide bonds. The van der Waals surface area contributed by atoms with Crippen LogP contribution in [0.25, 0.3) is 50.5 Å². The maximum atomic E-state index is 5.07. The molecule has 31 heavy (non-hydrogen) atoms. The Morgan fingerprint density at radius 2 is 1.03 bits per heavy atom. The highest BCUT2D eigenvalue weighted by molar-refractivity contribution is 5.92. The molecule has 0 saturated heterocycles. The Balaban J connectivity index is 1.70. The van der Waals surface area contributed by atoms with E-state index < -0.39 is 0 Å². The number of nitrogens with zero attached hydrogens (tertiary/aromatic N) is 5. The van der Waals surface area contributed by atoms with Crippen LogP contribution < -0.4 is 0 Å². The van der Waals surface area contributed by atoms with Crippen molar-refractivity contribution in [2.24, 2.45) is 0 Å². The minimum atomic E-state index is 0.828. The third-order valence-electron chi connectivity index (χ3n) is 5.86. The number of hydrogen-bond acceptors (Lipinski definition) is 2. The Morgan fingerprint density at radius 3 is 1.81 bits per heavy atom. The molecule has 0 aliphatic rings. The maximum absolute atomic E-state index is 5.07.